The molecule has 0 aromatic heterocycles. The molecule has 0 spiro atoms. The van der Waals surface area contributed by atoms with Gasteiger partial charge in [-0.15, -0.1) is 0 Å². The normalized spacial score (nSPS) is 19.9. The maximum absolute atomic E-state index is 12.8. The Hall–Kier alpha value is -2.45. The fourth-order valence-corrected chi connectivity index (χ4v) is 4.21. The van der Waals surface area contributed by atoms with Crippen molar-refractivity contribution in [2.75, 3.05) is 0 Å². The Balaban J connectivity index is 2.08. The monoisotopic (exact) mass is 335 g/mol. The molecule has 1 aliphatic heterocycles. The minimum Gasteiger partial charge on any atom is -0.463 e. The summed E-state index contributed by atoms with van der Waals surface area (Å²) in [5.74, 6) is 0.00684. The maximum Gasteiger partial charge on any atom is 0.273 e. The summed E-state index contributed by atoms with van der Waals surface area (Å²) in [7, 11) is -3.90. The van der Waals surface area contributed by atoms with E-state index in [0.717, 1.165) is 11.6 Å². The van der Waals surface area contributed by atoms with Crippen LogP contribution in [0.25, 0.3) is 0 Å². The molecular weight excluding hydrogens is 322 g/mol. The van der Waals surface area contributed by atoms with Gasteiger partial charge < -0.3 is 9.84 Å². The van der Waals surface area contributed by atoms with E-state index in [1.807, 2.05) is 6.92 Å². The van der Waals surface area contributed by atoms with E-state index >= 15 is 0 Å². The minimum atomic E-state index is -3.90. The van der Waals surface area contributed by atoms with Crippen LogP contribution in [0.15, 0.2) is 47.4 Å². The Morgan fingerprint density at radius 3 is 2.43 bits per heavy atom. The lowest BCUT2D eigenvalue weighted by Gasteiger charge is -2.15. The molecule has 1 heterocycles. The van der Waals surface area contributed by atoms with Gasteiger partial charge in [0.2, 0.25) is 6.29 Å². The van der Waals surface area contributed by atoms with Crippen LogP contribution in [0.3, 0.4) is 0 Å². The van der Waals surface area contributed by atoms with E-state index in [1.165, 1.54) is 24.3 Å². The van der Waals surface area contributed by atoms with Gasteiger partial charge in [0.25, 0.3) is 5.69 Å². The minimum absolute atomic E-state index is 0.00684. The molecule has 8 heteroatoms. The molecule has 2 atom stereocenters. The largest absolute Gasteiger partial charge is 0.463 e. The Kier molecular flexibility index (Phi) is 3.57. The van der Waals surface area contributed by atoms with Crippen LogP contribution in [0.4, 0.5) is 5.69 Å². The Labute approximate surface area is 132 Å². The number of nitrogens with zero attached hydrogens (tertiary/aromatic N) is 1. The number of benzene rings is 2. The van der Waals surface area contributed by atoms with Crippen molar-refractivity contribution >= 4 is 15.5 Å². The number of fused-ring (bicyclic) bond motifs is 1. The smallest absolute Gasteiger partial charge is 0.273 e. The van der Waals surface area contributed by atoms with E-state index in [-0.39, 0.29) is 21.9 Å². The van der Waals surface area contributed by atoms with Gasteiger partial charge in [0.15, 0.2) is 15.1 Å². The van der Waals surface area contributed by atoms with Gasteiger partial charge in [0.1, 0.15) is 5.75 Å². The average molecular weight is 335 g/mol. The summed E-state index contributed by atoms with van der Waals surface area (Å²) in [5.41, 5.74) is 0.885. The van der Waals surface area contributed by atoms with Gasteiger partial charge in [-0.25, -0.2) is 8.42 Å². The predicted molar refractivity (Wildman–Crippen MR) is 80.8 cm³/mol. The second-order valence-electron chi connectivity index (χ2n) is 5.27. The first-order valence-electron chi connectivity index (χ1n) is 6.74. The lowest BCUT2D eigenvalue weighted by atomic mass is 10.1. The lowest BCUT2D eigenvalue weighted by molar-refractivity contribution is -0.384. The first-order valence-corrected chi connectivity index (χ1v) is 8.29. The second kappa shape index (κ2) is 5.32. The second-order valence-corrected chi connectivity index (χ2v) is 7.34. The molecule has 0 amide bonds. The van der Waals surface area contributed by atoms with Crippen LogP contribution in [-0.4, -0.2) is 24.7 Å². The zero-order valence-corrected chi connectivity index (χ0v) is 12.9. The van der Waals surface area contributed by atoms with Gasteiger partial charge in [-0.05, 0) is 25.1 Å². The van der Waals surface area contributed by atoms with Crippen LogP contribution in [0.2, 0.25) is 0 Å². The molecular formula is C15H13NO6S. The van der Waals surface area contributed by atoms with Crippen molar-refractivity contribution in [1.29, 1.82) is 0 Å². The molecule has 0 aliphatic carbocycles. The third-order valence-electron chi connectivity index (χ3n) is 3.71. The molecule has 23 heavy (non-hydrogen) atoms. The van der Waals surface area contributed by atoms with E-state index < -0.39 is 26.3 Å². The van der Waals surface area contributed by atoms with Crippen molar-refractivity contribution in [3.05, 3.63) is 63.7 Å². The van der Waals surface area contributed by atoms with E-state index in [0.29, 0.717) is 0 Å². The first-order chi connectivity index (χ1) is 10.8. The van der Waals surface area contributed by atoms with Crippen molar-refractivity contribution in [2.24, 2.45) is 0 Å². The Morgan fingerprint density at radius 1 is 1.17 bits per heavy atom. The van der Waals surface area contributed by atoms with Crippen molar-refractivity contribution in [3.8, 4) is 5.75 Å². The molecule has 0 saturated heterocycles. The van der Waals surface area contributed by atoms with Crippen molar-refractivity contribution in [1.82, 2.24) is 0 Å². The third kappa shape index (κ3) is 2.55. The van der Waals surface area contributed by atoms with Crippen molar-refractivity contribution < 1.29 is 23.2 Å². The predicted octanol–water partition coefficient (Wildman–Crippen LogP) is 2.13. The third-order valence-corrected chi connectivity index (χ3v) is 5.79. The molecule has 0 fully saturated rings. The van der Waals surface area contributed by atoms with E-state index in [4.69, 9.17) is 4.74 Å². The number of rotatable bonds is 3. The summed E-state index contributed by atoms with van der Waals surface area (Å²) >= 11 is 0. The number of aryl methyl sites for hydroxylation is 1. The molecule has 0 unspecified atom stereocenters. The molecule has 1 aliphatic rings. The van der Waals surface area contributed by atoms with Crippen molar-refractivity contribution in [3.63, 3.8) is 0 Å². The highest BCUT2D eigenvalue weighted by molar-refractivity contribution is 7.91. The fraction of sp³-hybridized carbons (Fsp3) is 0.200. The highest BCUT2D eigenvalue weighted by atomic mass is 32.2. The summed E-state index contributed by atoms with van der Waals surface area (Å²) < 4.78 is 30.6. The number of nitro benzene ring substituents is 1. The summed E-state index contributed by atoms with van der Waals surface area (Å²) in [4.78, 5) is 10.2. The van der Waals surface area contributed by atoms with Crippen LogP contribution in [-0.2, 0) is 9.84 Å². The van der Waals surface area contributed by atoms with Gasteiger partial charge >= 0.3 is 0 Å². The molecule has 2 aromatic rings. The number of sulfone groups is 1. The number of aliphatic hydroxyl groups excluding tert-OH is 1. The molecule has 7 nitrogen and oxygen atoms in total. The number of non-ortho nitro benzene ring substituents is 1. The van der Waals surface area contributed by atoms with Crippen LogP contribution in [0.1, 0.15) is 16.4 Å². The number of ether oxygens (including phenoxy) is 1. The number of hydrogen-bond donors (Lipinski definition) is 1. The van der Waals surface area contributed by atoms with Gasteiger partial charge in [0, 0.05) is 11.6 Å². The maximum atomic E-state index is 12.8. The molecule has 0 bridgehead atoms. The molecule has 0 saturated carbocycles. The van der Waals surface area contributed by atoms with Gasteiger partial charge in [0.05, 0.1) is 15.9 Å². The SMILES string of the molecule is Cc1ccc(S(=O)(=O)[C@@H]2c3ccc([N+](=O)[O-])cc3O[C@H]2O)cc1. The molecule has 0 radical (unpaired) electrons. The van der Waals surface area contributed by atoms with Gasteiger partial charge in [-0.3, -0.25) is 10.1 Å². The first kappa shape index (κ1) is 15.4. The highest BCUT2D eigenvalue weighted by Crippen LogP contribution is 2.44. The zero-order valence-electron chi connectivity index (χ0n) is 12.0. The van der Waals surface area contributed by atoms with Gasteiger partial charge in [-0.1, -0.05) is 17.7 Å². The Bertz CT molecular complexity index is 875. The van der Waals surface area contributed by atoms with E-state index in [2.05, 4.69) is 0 Å². The molecule has 1 N–H and O–H groups in total. The van der Waals surface area contributed by atoms with Crippen LogP contribution < -0.4 is 4.74 Å². The molecule has 120 valence electrons. The summed E-state index contributed by atoms with van der Waals surface area (Å²) in [6, 6.07) is 9.85. The quantitative estimate of drug-likeness (QED) is 0.680. The Morgan fingerprint density at radius 2 is 1.83 bits per heavy atom. The average Bonchev–Trinajstić information content (AvgIpc) is 2.83. The topological polar surface area (TPSA) is 107 Å². The molecule has 3 rings (SSSR count). The molecule has 2 aromatic carbocycles. The summed E-state index contributed by atoms with van der Waals surface area (Å²) in [6.07, 6.45) is -1.61. The van der Waals surface area contributed by atoms with E-state index in [1.54, 1.807) is 12.1 Å². The van der Waals surface area contributed by atoms with Gasteiger partial charge in [-0.2, -0.15) is 0 Å². The van der Waals surface area contributed by atoms with Crippen LogP contribution in [0.5, 0.6) is 5.75 Å². The van der Waals surface area contributed by atoms with Crippen LogP contribution in [0, 0.1) is 17.0 Å². The number of hydrogen-bond acceptors (Lipinski definition) is 6. The standard InChI is InChI=1S/C15H13NO6S/c1-9-2-5-11(6-3-9)23(20,21)14-12-7-4-10(16(18)19)8-13(12)22-15(14)17/h2-8,14-15,17H,1H3/t14-,15-/m1/s1. The van der Waals surface area contributed by atoms with E-state index in [9.17, 15) is 23.6 Å². The highest BCUT2D eigenvalue weighted by Gasteiger charge is 2.44. The fourth-order valence-electron chi connectivity index (χ4n) is 2.51. The zero-order chi connectivity index (χ0) is 16.8. The summed E-state index contributed by atoms with van der Waals surface area (Å²) in [6.45, 7) is 1.83. The number of aliphatic hydroxyl groups is 1. The number of nitro groups is 1. The lowest BCUT2D eigenvalue weighted by Crippen LogP contribution is -2.25. The summed E-state index contributed by atoms with van der Waals surface area (Å²) in [5, 5.41) is 19.5. The van der Waals surface area contributed by atoms with Crippen LogP contribution >= 0.6 is 0 Å². The van der Waals surface area contributed by atoms with Crippen molar-refractivity contribution in [2.45, 2.75) is 23.4 Å².